The van der Waals surface area contributed by atoms with E-state index in [-0.39, 0.29) is 24.2 Å². The topological polar surface area (TPSA) is 55.5 Å². The maximum atomic E-state index is 9.36. The molecular formula is C16H27NO2. The van der Waals surface area contributed by atoms with Gasteiger partial charge in [-0.15, -0.1) is 0 Å². The average molecular weight is 265 g/mol. The number of aliphatic hydroxyl groups excluding tert-OH is 1. The van der Waals surface area contributed by atoms with Crippen molar-refractivity contribution >= 4 is 0 Å². The van der Waals surface area contributed by atoms with Crippen LogP contribution in [-0.4, -0.2) is 23.9 Å². The summed E-state index contributed by atoms with van der Waals surface area (Å²) < 4.78 is 5.77. The molecule has 0 bridgehead atoms. The second kappa shape index (κ2) is 6.92. The highest BCUT2D eigenvalue weighted by atomic mass is 16.5. The van der Waals surface area contributed by atoms with E-state index in [9.17, 15) is 5.11 Å². The number of nitrogens with two attached hydrogens (primary N) is 1. The van der Waals surface area contributed by atoms with Crippen LogP contribution in [0.15, 0.2) is 24.3 Å². The molecule has 3 nitrogen and oxygen atoms in total. The molecule has 0 saturated heterocycles. The second-order valence-corrected chi connectivity index (χ2v) is 6.07. The summed E-state index contributed by atoms with van der Waals surface area (Å²) in [6, 6.07) is 7.89. The summed E-state index contributed by atoms with van der Waals surface area (Å²) in [7, 11) is 0. The van der Waals surface area contributed by atoms with Crippen LogP contribution in [-0.2, 0) is 5.41 Å². The Kier molecular flexibility index (Phi) is 5.83. The van der Waals surface area contributed by atoms with Gasteiger partial charge in [0.2, 0.25) is 0 Å². The van der Waals surface area contributed by atoms with Crippen LogP contribution in [0.5, 0.6) is 5.75 Å². The molecule has 3 heteroatoms. The number of aliphatic hydroxyl groups is 1. The Morgan fingerprint density at radius 2 is 1.79 bits per heavy atom. The number of hydrogen-bond acceptors (Lipinski definition) is 3. The van der Waals surface area contributed by atoms with Gasteiger partial charge in [0.1, 0.15) is 11.9 Å². The first kappa shape index (κ1) is 16.0. The van der Waals surface area contributed by atoms with Gasteiger partial charge in [-0.1, -0.05) is 46.2 Å². The largest absolute Gasteiger partial charge is 0.486 e. The minimum atomic E-state index is -0.333. The molecule has 0 saturated carbocycles. The predicted molar refractivity (Wildman–Crippen MR) is 79.5 cm³/mol. The highest BCUT2D eigenvalue weighted by Crippen LogP contribution is 2.24. The average Bonchev–Trinajstić information content (AvgIpc) is 2.35. The Balaban J connectivity index is 2.71. The standard InChI is InChI=1S/C16H27NO2/c1-5-6-14(17)15(11-18)19-13-9-7-12(8-10-13)16(2,3)4/h7-10,14-15,18H,5-6,11,17H2,1-4H3. The maximum Gasteiger partial charge on any atom is 0.137 e. The van der Waals surface area contributed by atoms with Gasteiger partial charge in [-0.3, -0.25) is 0 Å². The molecule has 2 unspecified atom stereocenters. The molecular weight excluding hydrogens is 238 g/mol. The lowest BCUT2D eigenvalue weighted by Crippen LogP contribution is -2.41. The summed E-state index contributed by atoms with van der Waals surface area (Å²) in [5.41, 5.74) is 7.40. The number of ether oxygens (including phenoxy) is 1. The van der Waals surface area contributed by atoms with E-state index in [4.69, 9.17) is 10.5 Å². The third-order valence-corrected chi connectivity index (χ3v) is 3.29. The minimum absolute atomic E-state index is 0.0534. The fraction of sp³-hybridized carbons (Fsp3) is 0.625. The lowest BCUT2D eigenvalue weighted by Gasteiger charge is -2.24. The Bertz CT molecular complexity index is 367. The summed E-state index contributed by atoms with van der Waals surface area (Å²) in [5, 5.41) is 9.36. The van der Waals surface area contributed by atoms with Gasteiger partial charge >= 0.3 is 0 Å². The van der Waals surface area contributed by atoms with Gasteiger partial charge in [-0.25, -0.2) is 0 Å². The van der Waals surface area contributed by atoms with E-state index in [2.05, 4.69) is 39.8 Å². The number of benzene rings is 1. The van der Waals surface area contributed by atoms with Crippen LogP contribution >= 0.6 is 0 Å². The third kappa shape index (κ3) is 4.84. The van der Waals surface area contributed by atoms with E-state index in [1.165, 1.54) is 5.56 Å². The van der Waals surface area contributed by atoms with Gasteiger partial charge in [-0.2, -0.15) is 0 Å². The van der Waals surface area contributed by atoms with Crippen LogP contribution in [0.2, 0.25) is 0 Å². The zero-order valence-electron chi connectivity index (χ0n) is 12.5. The van der Waals surface area contributed by atoms with Crippen LogP contribution in [0.4, 0.5) is 0 Å². The van der Waals surface area contributed by atoms with Crippen molar-refractivity contribution in [3.8, 4) is 5.75 Å². The van der Waals surface area contributed by atoms with Crippen molar-refractivity contribution in [2.45, 2.75) is 58.1 Å². The van der Waals surface area contributed by atoms with Crippen molar-refractivity contribution in [2.24, 2.45) is 5.73 Å². The predicted octanol–water partition coefficient (Wildman–Crippen LogP) is 2.85. The number of rotatable bonds is 6. The van der Waals surface area contributed by atoms with E-state index in [0.29, 0.717) is 0 Å². The van der Waals surface area contributed by atoms with Gasteiger partial charge in [0.05, 0.1) is 6.61 Å². The Labute approximate surface area is 116 Å². The molecule has 2 atom stereocenters. The summed E-state index contributed by atoms with van der Waals surface area (Å²) in [5.74, 6) is 0.763. The van der Waals surface area contributed by atoms with Gasteiger partial charge in [0.25, 0.3) is 0 Å². The molecule has 19 heavy (non-hydrogen) atoms. The van der Waals surface area contributed by atoms with Crippen molar-refractivity contribution < 1.29 is 9.84 Å². The van der Waals surface area contributed by atoms with Crippen LogP contribution in [0, 0.1) is 0 Å². The number of hydrogen-bond donors (Lipinski definition) is 2. The summed E-state index contributed by atoms with van der Waals surface area (Å²) >= 11 is 0. The van der Waals surface area contributed by atoms with Crippen LogP contribution < -0.4 is 10.5 Å². The van der Waals surface area contributed by atoms with Crippen LogP contribution in [0.3, 0.4) is 0 Å². The van der Waals surface area contributed by atoms with Crippen molar-refractivity contribution in [1.82, 2.24) is 0 Å². The first-order chi connectivity index (χ1) is 8.88. The monoisotopic (exact) mass is 265 g/mol. The zero-order valence-corrected chi connectivity index (χ0v) is 12.5. The SMILES string of the molecule is CCCC(N)C(CO)Oc1ccc(C(C)(C)C)cc1. The fourth-order valence-corrected chi connectivity index (χ4v) is 1.99. The van der Waals surface area contributed by atoms with E-state index >= 15 is 0 Å². The zero-order chi connectivity index (χ0) is 14.5. The molecule has 0 amide bonds. The normalized spacial score (nSPS) is 15.1. The van der Waals surface area contributed by atoms with Crippen molar-refractivity contribution in [3.05, 3.63) is 29.8 Å². The van der Waals surface area contributed by atoms with E-state index in [0.717, 1.165) is 18.6 Å². The van der Waals surface area contributed by atoms with Gasteiger partial charge in [-0.05, 0) is 29.5 Å². The lowest BCUT2D eigenvalue weighted by atomic mass is 9.87. The van der Waals surface area contributed by atoms with Crippen molar-refractivity contribution in [1.29, 1.82) is 0 Å². The molecule has 0 spiro atoms. The first-order valence-electron chi connectivity index (χ1n) is 7.02. The van der Waals surface area contributed by atoms with Crippen LogP contribution in [0.1, 0.15) is 46.1 Å². The Morgan fingerprint density at radius 3 is 2.21 bits per heavy atom. The van der Waals surface area contributed by atoms with E-state index in [1.807, 2.05) is 12.1 Å². The molecule has 1 rings (SSSR count). The maximum absolute atomic E-state index is 9.36. The van der Waals surface area contributed by atoms with Crippen molar-refractivity contribution in [2.75, 3.05) is 6.61 Å². The summed E-state index contributed by atoms with van der Waals surface area (Å²) in [4.78, 5) is 0. The fourth-order valence-electron chi connectivity index (χ4n) is 1.99. The molecule has 0 aliphatic heterocycles. The van der Waals surface area contributed by atoms with Crippen LogP contribution in [0.25, 0.3) is 0 Å². The van der Waals surface area contributed by atoms with E-state index < -0.39 is 0 Å². The molecule has 0 radical (unpaired) electrons. The first-order valence-corrected chi connectivity index (χ1v) is 7.02. The molecule has 3 N–H and O–H groups in total. The van der Waals surface area contributed by atoms with Gasteiger partial charge in [0.15, 0.2) is 0 Å². The second-order valence-electron chi connectivity index (χ2n) is 6.07. The third-order valence-electron chi connectivity index (χ3n) is 3.29. The van der Waals surface area contributed by atoms with Gasteiger partial charge in [0, 0.05) is 6.04 Å². The van der Waals surface area contributed by atoms with Crippen molar-refractivity contribution in [3.63, 3.8) is 0 Å². The molecule has 0 aliphatic carbocycles. The molecule has 0 heterocycles. The molecule has 0 aliphatic rings. The summed E-state index contributed by atoms with van der Waals surface area (Å²) in [6.07, 6.45) is 1.51. The quantitative estimate of drug-likeness (QED) is 0.831. The minimum Gasteiger partial charge on any atom is -0.486 e. The Morgan fingerprint density at radius 1 is 1.21 bits per heavy atom. The molecule has 108 valence electrons. The highest BCUT2D eigenvalue weighted by Gasteiger charge is 2.18. The van der Waals surface area contributed by atoms with E-state index in [1.54, 1.807) is 0 Å². The smallest absolute Gasteiger partial charge is 0.137 e. The highest BCUT2D eigenvalue weighted by molar-refractivity contribution is 5.31. The molecule has 0 aromatic heterocycles. The Hall–Kier alpha value is -1.06. The molecule has 1 aromatic carbocycles. The molecule has 0 fully saturated rings. The summed E-state index contributed by atoms with van der Waals surface area (Å²) in [6.45, 7) is 8.55. The lowest BCUT2D eigenvalue weighted by molar-refractivity contribution is 0.0916. The molecule has 1 aromatic rings. The van der Waals surface area contributed by atoms with Gasteiger partial charge < -0.3 is 15.6 Å².